The maximum atomic E-state index is 6.49. The fourth-order valence-corrected chi connectivity index (χ4v) is 3.42. The Hall–Kier alpha value is -1.10. The number of nitrogens with two attached hydrogens (primary N) is 1. The number of likely N-dealkylation sites (N-methyl/N-ethyl adjacent to an activating group) is 1. The molecule has 2 aliphatic heterocycles. The van der Waals surface area contributed by atoms with Crippen molar-refractivity contribution in [2.24, 2.45) is 5.73 Å². The van der Waals surface area contributed by atoms with Crippen LogP contribution in [0.5, 0.6) is 5.75 Å². The molecule has 4 heteroatoms. The lowest BCUT2D eigenvalue weighted by Gasteiger charge is -2.43. The largest absolute Gasteiger partial charge is 0.492 e. The van der Waals surface area contributed by atoms with Gasteiger partial charge in [0.05, 0.1) is 12.1 Å². The number of rotatable bonds is 2. The number of hydrogen-bond donors (Lipinski definition) is 1. The maximum Gasteiger partial charge on any atom is 0.124 e. The third kappa shape index (κ3) is 2.55. The van der Waals surface area contributed by atoms with Gasteiger partial charge in [-0.3, -0.25) is 4.90 Å². The monoisotopic (exact) mass is 275 g/mol. The van der Waals surface area contributed by atoms with E-state index in [1.165, 1.54) is 25.9 Å². The molecule has 20 heavy (non-hydrogen) atoms. The van der Waals surface area contributed by atoms with Crippen molar-refractivity contribution in [2.45, 2.75) is 31.0 Å². The zero-order valence-corrected chi connectivity index (χ0v) is 12.5. The molecule has 1 aromatic carbocycles. The fourth-order valence-electron chi connectivity index (χ4n) is 3.42. The predicted molar refractivity (Wildman–Crippen MR) is 80.9 cm³/mol. The van der Waals surface area contributed by atoms with Crippen LogP contribution >= 0.6 is 0 Å². The minimum absolute atomic E-state index is 0.0459. The molecule has 3 rings (SSSR count). The molecule has 0 spiro atoms. The normalized spacial score (nSPS) is 28.2. The molecule has 1 saturated heterocycles. The Labute approximate surface area is 121 Å². The molecule has 0 aliphatic carbocycles. The first-order valence-electron chi connectivity index (χ1n) is 7.54. The van der Waals surface area contributed by atoms with Gasteiger partial charge in [-0.15, -0.1) is 0 Å². The van der Waals surface area contributed by atoms with Crippen LogP contribution in [0.15, 0.2) is 24.3 Å². The summed E-state index contributed by atoms with van der Waals surface area (Å²) >= 11 is 0. The van der Waals surface area contributed by atoms with Crippen LogP contribution in [0.1, 0.15) is 24.4 Å². The van der Waals surface area contributed by atoms with Crippen molar-refractivity contribution >= 4 is 0 Å². The van der Waals surface area contributed by atoms with E-state index in [9.17, 15) is 0 Å². The van der Waals surface area contributed by atoms with Crippen molar-refractivity contribution in [2.75, 3.05) is 33.8 Å². The number of likely N-dealkylation sites (tertiary alicyclic amines) is 1. The van der Waals surface area contributed by atoms with Crippen molar-refractivity contribution < 1.29 is 4.74 Å². The van der Waals surface area contributed by atoms with E-state index in [2.05, 4.69) is 30.0 Å². The van der Waals surface area contributed by atoms with Gasteiger partial charge in [0.2, 0.25) is 0 Å². The second kappa shape index (κ2) is 5.72. The van der Waals surface area contributed by atoms with Crippen molar-refractivity contribution in [3.05, 3.63) is 29.8 Å². The maximum absolute atomic E-state index is 6.49. The molecule has 0 amide bonds. The molecule has 4 nitrogen and oxygen atoms in total. The Morgan fingerprint density at radius 3 is 2.70 bits per heavy atom. The van der Waals surface area contributed by atoms with Crippen LogP contribution < -0.4 is 10.5 Å². The van der Waals surface area contributed by atoms with Gasteiger partial charge in [-0.2, -0.15) is 0 Å². The van der Waals surface area contributed by atoms with Crippen molar-refractivity contribution in [3.63, 3.8) is 0 Å². The zero-order valence-electron chi connectivity index (χ0n) is 12.5. The Morgan fingerprint density at radius 2 is 1.95 bits per heavy atom. The summed E-state index contributed by atoms with van der Waals surface area (Å²) in [7, 11) is 4.40. The van der Waals surface area contributed by atoms with Gasteiger partial charge < -0.3 is 15.4 Å². The van der Waals surface area contributed by atoms with E-state index in [0.29, 0.717) is 12.6 Å². The van der Waals surface area contributed by atoms with Gasteiger partial charge in [0.25, 0.3) is 0 Å². The molecule has 0 aromatic heterocycles. The molecular formula is C16H25N3O. The number of ether oxygens (including phenoxy) is 1. The molecule has 1 fully saturated rings. The van der Waals surface area contributed by atoms with Gasteiger partial charge in [-0.25, -0.2) is 0 Å². The SMILES string of the molecule is CN1CCC(N(C)C2COc3ccccc3C2N)CC1. The van der Waals surface area contributed by atoms with Crippen molar-refractivity contribution in [1.29, 1.82) is 0 Å². The average molecular weight is 275 g/mol. The first-order chi connectivity index (χ1) is 9.66. The van der Waals surface area contributed by atoms with Crippen LogP contribution in [0.3, 0.4) is 0 Å². The van der Waals surface area contributed by atoms with Gasteiger partial charge in [-0.05, 0) is 46.1 Å². The quantitative estimate of drug-likeness (QED) is 0.887. The summed E-state index contributed by atoms with van der Waals surface area (Å²) in [6.07, 6.45) is 2.44. The Kier molecular flexibility index (Phi) is 3.96. The summed E-state index contributed by atoms with van der Waals surface area (Å²) in [6.45, 7) is 3.05. The number of piperidine rings is 1. The molecule has 2 atom stereocenters. The van der Waals surface area contributed by atoms with Gasteiger partial charge in [0.15, 0.2) is 0 Å². The highest BCUT2D eigenvalue weighted by Crippen LogP contribution is 2.33. The van der Waals surface area contributed by atoms with Gasteiger partial charge >= 0.3 is 0 Å². The molecular weight excluding hydrogens is 250 g/mol. The van der Waals surface area contributed by atoms with Crippen molar-refractivity contribution in [1.82, 2.24) is 9.80 Å². The number of fused-ring (bicyclic) bond motifs is 1. The van der Waals surface area contributed by atoms with E-state index in [-0.39, 0.29) is 12.1 Å². The Balaban J connectivity index is 1.72. The topological polar surface area (TPSA) is 41.7 Å². The summed E-state index contributed by atoms with van der Waals surface area (Å²) < 4.78 is 5.91. The lowest BCUT2D eigenvalue weighted by molar-refractivity contribution is 0.0563. The van der Waals surface area contributed by atoms with E-state index < -0.39 is 0 Å². The van der Waals surface area contributed by atoms with Crippen molar-refractivity contribution in [3.8, 4) is 5.75 Å². The molecule has 1 aromatic rings. The van der Waals surface area contributed by atoms with Crippen LogP contribution in [-0.4, -0.2) is 55.7 Å². The van der Waals surface area contributed by atoms with E-state index in [1.54, 1.807) is 0 Å². The van der Waals surface area contributed by atoms with Gasteiger partial charge in [0.1, 0.15) is 12.4 Å². The summed E-state index contributed by atoms with van der Waals surface area (Å²) in [5.41, 5.74) is 7.64. The van der Waals surface area contributed by atoms with E-state index in [4.69, 9.17) is 10.5 Å². The molecule has 0 radical (unpaired) electrons. The second-order valence-corrected chi connectivity index (χ2v) is 6.14. The smallest absolute Gasteiger partial charge is 0.124 e. The standard InChI is InChI=1S/C16H25N3O/c1-18-9-7-12(8-10-18)19(2)14-11-20-15-6-4-3-5-13(15)16(14)17/h3-6,12,14,16H,7-11,17H2,1-2H3. The van der Waals surface area contributed by atoms with Crippen LogP contribution in [-0.2, 0) is 0 Å². The second-order valence-electron chi connectivity index (χ2n) is 6.14. The highest BCUT2D eigenvalue weighted by atomic mass is 16.5. The lowest BCUT2D eigenvalue weighted by atomic mass is 9.93. The first-order valence-corrected chi connectivity index (χ1v) is 7.54. The summed E-state index contributed by atoms with van der Waals surface area (Å²) in [5.74, 6) is 0.952. The van der Waals surface area contributed by atoms with Crippen LogP contribution in [0, 0.1) is 0 Å². The van der Waals surface area contributed by atoms with E-state index in [0.717, 1.165) is 11.3 Å². The highest BCUT2D eigenvalue weighted by Gasteiger charge is 2.34. The first kappa shape index (κ1) is 13.9. The van der Waals surface area contributed by atoms with Crippen LogP contribution in [0.2, 0.25) is 0 Å². The molecule has 0 saturated carbocycles. The number of hydrogen-bond acceptors (Lipinski definition) is 4. The third-order valence-electron chi connectivity index (χ3n) is 4.89. The van der Waals surface area contributed by atoms with Gasteiger partial charge in [0, 0.05) is 11.6 Å². The van der Waals surface area contributed by atoms with E-state index >= 15 is 0 Å². The molecule has 2 unspecified atom stereocenters. The zero-order chi connectivity index (χ0) is 14.1. The van der Waals surface area contributed by atoms with E-state index in [1.807, 2.05) is 18.2 Å². The molecule has 110 valence electrons. The molecule has 0 bridgehead atoms. The Morgan fingerprint density at radius 1 is 1.25 bits per heavy atom. The number of para-hydroxylation sites is 1. The third-order valence-corrected chi connectivity index (χ3v) is 4.89. The fraction of sp³-hybridized carbons (Fsp3) is 0.625. The summed E-state index contributed by atoms with van der Waals surface area (Å²) in [4.78, 5) is 4.85. The predicted octanol–water partition coefficient (Wildman–Crippen LogP) is 1.47. The van der Waals surface area contributed by atoms with Crippen LogP contribution in [0.4, 0.5) is 0 Å². The molecule has 2 N–H and O–H groups in total. The average Bonchev–Trinajstić information content (AvgIpc) is 2.48. The number of nitrogens with zero attached hydrogens (tertiary/aromatic N) is 2. The highest BCUT2D eigenvalue weighted by molar-refractivity contribution is 5.38. The van der Waals surface area contributed by atoms with Crippen LogP contribution in [0.25, 0.3) is 0 Å². The minimum atomic E-state index is 0.0459. The molecule has 2 heterocycles. The number of benzene rings is 1. The minimum Gasteiger partial charge on any atom is -0.492 e. The molecule has 2 aliphatic rings. The lowest BCUT2D eigenvalue weighted by Crippen LogP contribution is -2.53. The summed E-state index contributed by atoms with van der Waals surface area (Å²) in [5, 5.41) is 0. The summed E-state index contributed by atoms with van der Waals surface area (Å²) in [6, 6.07) is 9.10. The Bertz CT molecular complexity index is 457. The van der Waals surface area contributed by atoms with Gasteiger partial charge in [-0.1, -0.05) is 18.2 Å².